The van der Waals surface area contributed by atoms with Crippen LogP contribution in [0.1, 0.15) is 41.0 Å². The molecule has 4 aromatic rings. The maximum atomic E-state index is 13.0. The maximum Gasteiger partial charge on any atom is 0.315 e. The summed E-state index contributed by atoms with van der Waals surface area (Å²) >= 11 is 0. The lowest BCUT2D eigenvalue weighted by molar-refractivity contribution is 0.232. The Morgan fingerprint density at radius 2 is 1.88 bits per heavy atom. The zero-order chi connectivity index (χ0) is 21.9. The lowest BCUT2D eigenvalue weighted by atomic mass is 10.1. The lowest BCUT2D eigenvalue weighted by Gasteiger charge is -2.20. The third-order valence-electron chi connectivity index (χ3n) is 6.08. The first-order valence-electron chi connectivity index (χ1n) is 10.9. The van der Waals surface area contributed by atoms with Crippen molar-refractivity contribution in [1.82, 2.24) is 20.6 Å². The molecule has 2 amide bonds. The number of urea groups is 1. The molecule has 0 saturated heterocycles. The number of para-hydroxylation sites is 2. The highest BCUT2D eigenvalue weighted by Gasteiger charge is 2.25. The third-order valence-corrected chi connectivity index (χ3v) is 6.08. The Labute approximate surface area is 187 Å². The van der Waals surface area contributed by atoms with Gasteiger partial charge in [-0.2, -0.15) is 0 Å². The molecule has 162 valence electrons. The molecule has 0 unspecified atom stereocenters. The number of rotatable bonds is 6. The molecule has 1 aliphatic carbocycles. The van der Waals surface area contributed by atoms with Crippen LogP contribution in [-0.2, 0) is 12.8 Å². The van der Waals surface area contributed by atoms with Crippen molar-refractivity contribution in [2.45, 2.75) is 31.3 Å². The van der Waals surface area contributed by atoms with Gasteiger partial charge in [-0.25, -0.2) is 9.78 Å². The number of carbonyl (C=O) groups is 1. The SMILES string of the molecule is COc1ccc(C[C@@H](NC(=O)N[C@@H]2CCc3ccccc32)c2nc3ccccc3[nH]2)cc1. The van der Waals surface area contributed by atoms with E-state index in [4.69, 9.17) is 9.72 Å². The minimum Gasteiger partial charge on any atom is -0.497 e. The number of aromatic amines is 1. The van der Waals surface area contributed by atoms with Crippen LogP contribution in [0.25, 0.3) is 11.0 Å². The number of H-pyrrole nitrogens is 1. The van der Waals surface area contributed by atoms with Crippen LogP contribution in [0.3, 0.4) is 0 Å². The van der Waals surface area contributed by atoms with Crippen LogP contribution in [0, 0.1) is 0 Å². The summed E-state index contributed by atoms with van der Waals surface area (Å²) in [5, 5.41) is 6.32. The quantitative estimate of drug-likeness (QED) is 0.413. The van der Waals surface area contributed by atoms with E-state index in [2.05, 4.69) is 27.8 Å². The molecule has 0 radical (unpaired) electrons. The van der Waals surface area contributed by atoms with Crippen LogP contribution in [0.5, 0.6) is 5.75 Å². The monoisotopic (exact) mass is 426 g/mol. The summed E-state index contributed by atoms with van der Waals surface area (Å²) in [6.07, 6.45) is 2.51. The van der Waals surface area contributed by atoms with Gasteiger partial charge < -0.3 is 20.4 Å². The van der Waals surface area contributed by atoms with E-state index in [1.165, 1.54) is 11.1 Å². The number of nitrogens with zero attached hydrogens (tertiary/aromatic N) is 1. The fraction of sp³-hybridized carbons (Fsp3) is 0.231. The Kier molecular flexibility index (Phi) is 5.50. The molecule has 3 N–H and O–H groups in total. The van der Waals surface area contributed by atoms with Crippen LogP contribution in [0.2, 0.25) is 0 Å². The highest BCUT2D eigenvalue weighted by Crippen LogP contribution is 2.30. The summed E-state index contributed by atoms with van der Waals surface area (Å²) < 4.78 is 5.27. The molecule has 1 aliphatic rings. The van der Waals surface area contributed by atoms with E-state index < -0.39 is 0 Å². The standard InChI is InChI=1S/C26H26N4O2/c1-32-19-13-10-17(11-14-19)16-24(25-27-22-8-4-5-9-23(22)28-25)30-26(31)29-21-15-12-18-6-2-3-7-20(18)21/h2-11,13-14,21,24H,12,15-16H2,1H3,(H,27,28)(H2,29,30,31)/t21-,24-/m1/s1. The predicted molar refractivity (Wildman–Crippen MR) is 125 cm³/mol. The number of imidazole rings is 1. The van der Waals surface area contributed by atoms with Crippen molar-refractivity contribution in [2.24, 2.45) is 0 Å². The van der Waals surface area contributed by atoms with Crippen molar-refractivity contribution in [3.8, 4) is 5.75 Å². The number of aryl methyl sites for hydroxylation is 1. The second kappa shape index (κ2) is 8.75. The maximum absolute atomic E-state index is 13.0. The van der Waals surface area contributed by atoms with Crippen molar-refractivity contribution >= 4 is 17.1 Å². The van der Waals surface area contributed by atoms with Crippen molar-refractivity contribution in [1.29, 1.82) is 0 Å². The van der Waals surface area contributed by atoms with Gasteiger partial charge in [0.05, 0.1) is 30.2 Å². The molecule has 0 spiro atoms. The van der Waals surface area contributed by atoms with Crippen LogP contribution < -0.4 is 15.4 Å². The minimum absolute atomic E-state index is 0.0310. The Hall–Kier alpha value is -3.80. The topological polar surface area (TPSA) is 79.0 Å². The fourth-order valence-electron chi connectivity index (χ4n) is 4.42. The van der Waals surface area contributed by atoms with E-state index >= 15 is 0 Å². The van der Waals surface area contributed by atoms with Gasteiger partial charge in [0.25, 0.3) is 0 Å². The lowest BCUT2D eigenvalue weighted by Crippen LogP contribution is -2.40. The summed E-state index contributed by atoms with van der Waals surface area (Å²) in [5.41, 5.74) is 5.44. The van der Waals surface area contributed by atoms with Crippen molar-refractivity contribution in [2.75, 3.05) is 7.11 Å². The second-order valence-corrected chi connectivity index (χ2v) is 8.15. The van der Waals surface area contributed by atoms with Crippen molar-refractivity contribution in [3.63, 3.8) is 0 Å². The Morgan fingerprint density at radius 3 is 2.69 bits per heavy atom. The number of hydrogen-bond acceptors (Lipinski definition) is 3. The molecule has 0 bridgehead atoms. The molecule has 2 atom stereocenters. The smallest absolute Gasteiger partial charge is 0.315 e. The molecule has 0 aliphatic heterocycles. The summed E-state index contributed by atoms with van der Waals surface area (Å²) in [4.78, 5) is 21.1. The average Bonchev–Trinajstić information content (AvgIpc) is 3.43. The molecule has 3 aromatic carbocycles. The molecule has 32 heavy (non-hydrogen) atoms. The summed E-state index contributed by atoms with van der Waals surface area (Å²) in [7, 11) is 1.65. The van der Waals surface area contributed by atoms with E-state index in [9.17, 15) is 4.79 Å². The normalized spacial score (nSPS) is 15.8. The van der Waals surface area contributed by atoms with Gasteiger partial charge in [0.1, 0.15) is 11.6 Å². The van der Waals surface area contributed by atoms with Crippen LogP contribution in [0.15, 0.2) is 72.8 Å². The zero-order valence-corrected chi connectivity index (χ0v) is 18.0. The van der Waals surface area contributed by atoms with Crippen LogP contribution >= 0.6 is 0 Å². The minimum atomic E-state index is -0.299. The van der Waals surface area contributed by atoms with E-state index in [-0.39, 0.29) is 18.1 Å². The number of amides is 2. The van der Waals surface area contributed by atoms with Crippen LogP contribution in [0.4, 0.5) is 4.79 Å². The Morgan fingerprint density at radius 1 is 1.09 bits per heavy atom. The van der Waals surface area contributed by atoms with Gasteiger partial charge >= 0.3 is 6.03 Å². The fourth-order valence-corrected chi connectivity index (χ4v) is 4.42. The molecule has 6 nitrogen and oxygen atoms in total. The van der Waals surface area contributed by atoms with Crippen LogP contribution in [-0.4, -0.2) is 23.1 Å². The number of ether oxygens (including phenoxy) is 1. The van der Waals surface area contributed by atoms with Gasteiger partial charge in [0, 0.05) is 0 Å². The van der Waals surface area contributed by atoms with Crippen molar-refractivity contribution < 1.29 is 9.53 Å². The predicted octanol–water partition coefficient (Wildman–Crippen LogP) is 4.84. The number of methoxy groups -OCH3 is 1. The first kappa shape index (κ1) is 20.1. The van der Waals surface area contributed by atoms with E-state index in [0.717, 1.165) is 41.0 Å². The molecule has 1 aromatic heterocycles. The summed E-state index contributed by atoms with van der Waals surface area (Å²) in [6, 6.07) is 23.6. The highest BCUT2D eigenvalue weighted by molar-refractivity contribution is 5.77. The number of nitrogens with one attached hydrogen (secondary N) is 3. The number of benzene rings is 3. The van der Waals surface area contributed by atoms with E-state index in [1.807, 2.05) is 60.7 Å². The van der Waals surface area contributed by atoms with Gasteiger partial charge in [-0.05, 0) is 60.2 Å². The molecular weight excluding hydrogens is 400 g/mol. The van der Waals surface area contributed by atoms with Gasteiger partial charge in [0.2, 0.25) is 0 Å². The first-order valence-corrected chi connectivity index (χ1v) is 10.9. The Bertz CT molecular complexity index is 1200. The summed E-state index contributed by atoms with van der Waals surface area (Å²) in [5.74, 6) is 1.55. The number of fused-ring (bicyclic) bond motifs is 2. The molecule has 6 heteroatoms. The van der Waals surface area contributed by atoms with E-state index in [0.29, 0.717) is 6.42 Å². The number of carbonyl (C=O) groups excluding carboxylic acids is 1. The van der Waals surface area contributed by atoms with Gasteiger partial charge in [-0.3, -0.25) is 0 Å². The first-order chi connectivity index (χ1) is 15.7. The number of hydrogen-bond donors (Lipinski definition) is 3. The van der Waals surface area contributed by atoms with Gasteiger partial charge in [0.15, 0.2) is 0 Å². The Balaban J connectivity index is 1.37. The largest absolute Gasteiger partial charge is 0.497 e. The molecule has 0 saturated carbocycles. The second-order valence-electron chi connectivity index (χ2n) is 8.15. The average molecular weight is 427 g/mol. The van der Waals surface area contributed by atoms with Gasteiger partial charge in [-0.15, -0.1) is 0 Å². The zero-order valence-electron chi connectivity index (χ0n) is 18.0. The van der Waals surface area contributed by atoms with Crippen molar-refractivity contribution in [3.05, 3.63) is 95.3 Å². The molecular formula is C26H26N4O2. The van der Waals surface area contributed by atoms with E-state index in [1.54, 1.807) is 7.11 Å². The molecule has 0 fully saturated rings. The molecule has 1 heterocycles. The molecule has 5 rings (SSSR count). The summed E-state index contributed by atoms with van der Waals surface area (Å²) in [6.45, 7) is 0. The number of aromatic nitrogens is 2. The highest BCUT2D eigenvalue weighted by atomic mass is 16.5. The third kappa shape index (κ3) is 4.17. The van der Waals surface area contributed by atoms with Gasteiger partial charge in [-0.1, -0.05) is 48.5 Å².